The molecule has 4 rings (SSSR count). The van der Waals surface area contributed by atoms with Crippen LogP contribution in [0, 0.1) is 0 Å². The Labute approximate surface area is 187 Å². The predicted molar refractivity (Wildman–Crippen MR) is 126 cm³/mol. The number of nitrogens with zero attached hydrogens (tertiary/aromatic N) is 2. The summed E-state index contributed by atoms with van der Waals surface area (Å²) in [6.07, 6.45) is 5.74. The molecule has 0 unspecified atom stereocenters. The normalized spacial score (nSPS) is 12.3. The predicted octanol–water partition coefficient (Wildman–Crippen LogP) is 5.80. The van der Waals surface area contributed by atoms with Gasteiger partial charge in [-0.3, -0.25) is 4.79 Å². The molecule has 32 heavy (non-hydrogen) atoms. The lowest BCUT2D eigenvalue weighted by Crippen LogP contribution is -2.04. The molecule has 0 bridgehead atoms. The van der Waals surface area contributed by atoms with Crippen molar-refractivity contribution in [2.75, 3.05) is 0 Å². The van der Waals surface area contributed by atoms with Gasteiger partial charge in [-0.1, -0.05) is 60.7 Å². The number of aliphatic carboxylic acids is 1. The Morgan fingerprint density at radius 1 is 1.06 bits per heavy atom. The number of allylic oxidation sites excluding steroid dienone is 2. The van der Waals surface area contributed by atoms with Crippen LogP contribution in [0.1, 0.15) is 36.0 Å². The molecular weight excluding hydrogens is 400 g/mol. The average molecular weight is 427 g/mol. The number of carboxylic acids is 1. The lowest BCUT2D eigenvalue weighted by atomic mass is 9.95. The number of hydrogen-bond acceptors (Lipinski definition) is 3. The van der Waals surface area contributed by atoms with Crippen LogP contribution in [0.25, 0.3) is 11.0 Å². The Balaban J connectivity index is 1.41. The van der Waals surface area contributed by atoms with Crippen LogP contribution >= 0.6 is 0 Å². The number of benzene rings is 3. The quantitative estimate of drug-likeness (QED) is 0.344. The number of ether oxygens (including phenoxy) is 1. The Bertz CT molecular complexity index is 1210. The lowest BCUT2D eigenvalue weighted by Gasteiger charge is -2.12. The summed E-state index contributed by atoms with van der Waals surface area (Å²) >= 11 is 0. The summed E-state index contributed by atoms with van der Waals surface area (Å²) < 4.78 is 8.10. The van der Waals surface area contributed by atoms with Crippen molar-refractivity contribution in [3.63, 3.8) is 0 Å². The average Bonchev–Trinajstić information content (AvgIpc) is 3.20. The van der Waals surface area contributed by atoms with Crippen LogP contribution in [-0.2, 0) is 17.9 Å². The molecule has 0 aliphatic rings. The summed E-state index contributed by atoms with van der Waals surface area (Å²) in [5.41, 5.74) is 5.28. The molecule has 3 aromatic carbocycles. The van der Waals surface area contributed by atoms with Gasteiger partial charge in [-0.2, -0.15) is 0 Å². The maximum atomic E-state index is 11.1. The highest BCUT2D eigenvalue weighted by atomic mass is 16.5. The lowest BCUT2D eigenvalue weighted by molar-refractivity contribution is -0.137. The minimum Gasteiger partial charge on any atom is -0.489 e. The van der Waals surface area contributed by atoms with E-state index >= 15 is 0 Å². The molecule has 0 saturated carbocycles. The third kappa shape index (κ3) is 5.24. The van der Waals surface area contributed by atoms with Gasteiger partial charge in [0.25, 0.3) is 0 Å². The van der Waals surface area contributed by atoms with E-state index in [1.807, 2.05) is 67.9 Å². The molecule has 4 aromatic rings. The number of imidazole rings is 1. The highest BCUT2D eigenvalue weighted by molar-refractivity contribution is 5.76. The van der Waals surface area contributed by atoms with E-state index in [2.05, 4.69) is 39.9 Å². The largest absolute Gasteiger partial charge is 0.489 e. The minimum absolute atomic E-state index is 0.0709. The van der Waals surface area contributed by atoms with Gasteiger partial charge in [0.15, 0.2) is 0 Å². The number of hydrogen-bond donors (Lipinski definition) is 1. The van der Waals surface area contributed by atoms with E-state index < -0.39 is 5.97 Å². The summed E-state index contributed by atoms with van der Waals surface area (Å²) in [6.45, 7) is 3.12. The molecular formula is C27H26N2O3. The molecule has 0 fully saturated rings. The molecule has 0 amide bonds. The molecule has 5 heteroatoms. The van der Waals surface area contributed by atoms with Crippen LogP contribution in [-0.4, -0.2) is 20.6 Å². The van der Waals surface area contributed by atoms with Gasteiger partial charge in [0.1, 0.15) is 12.4 Å². The zero-order chi connectivity index (χ0) is 22.3. The SMILES string of the molecule is CC=C[C@H](CC(=O)O)c1ccc(OCc2ccc3c(c2)ncn3Cc2ccccc2)cc1. The van der Waals surface area contributed by atoms with Gasteiger partial charge < -0.3 is 14.4 Å². The van der Waals surface area contributed by atoms with Crippen molar-refractivity contribution in [2.45, 2.75) is 32.4 Å². The van der Waals surface area contributed by atoms with Crippen LogP contribution in [0.2, 0.25) is 0 Å². The zero-order valence-electron chi connectivity index (χ0n) is 18.0. The Kier molecular flexibility index (Phi) is 6.66. The van der Waals surface area contributed by atoms with Crippen molar-refractivity contribution in [3.8, 4) is 5.75 Å². The van der Waals surface area contributed by atoms with Crippen LogP contribution in [0.15, 0.2) is 91.3 Å². The molecule has 0 spiro atoms. The van der Waals surface area contributed by atoms with Gasteiger partial charge in [-0.15, -0.1) is 0 Å². The van der Waals surface area contributed by atoms with Gasteiger partial charge in [0.2, 0.25) is 0 Å². The van der Waals surface area contributed by atoms with E-state index in [1.54, 1.807) is 0 Å². The first-order valence-electron chi connectivity index (χ1n) is 10.7. The van der Waals surface area contributed by atoms with Crippen molar-refractivity contribution in [2.24, 2.45) is 0 Å². The second kappa shape index (κ2) is 9.96. The minimum atomic E-state index is -0.810. The third-order valence-corrected chi connectivity index (χ3v) is 5.41. The van der Waals surface area contributed by atoms with Crippen molar-refractivity contribution < 1.29 is 14.6 Å². The fourth-order valence-corrected chi connectivity index (χ4v) is 3.80. The fourth-order valence-electron chi connectivity index (χ4n) is 3.80. The summed E-state index contributed by atoms with van der Waals surface area (Å²) in [5.74, 6) is -0.201. The molecule has 1 N–H and O–H groups in total. The van der Waals surface area contributed by atoms with Crippen molar-refractivity contribution in [1.82, 2.24) is 9.55 Å². The smallest absolute Gasteiger partial charge is 0.304 e. The highest BCUT2D eigenvalue weighted by Gasteiger charge is 2.12. The molecule has 5 nitrogen and oxygen atoms in total. The summed E-state index contributed by atoms with van der Waals surface area (Å²) in [4.78, 5) is 15.7. The number of aromatic nitrogens is 2. The summed E-state index contributed by atoms with van der Waals surface area (Å²) in [7, 11) is 0. The molecule has 1 aromatic heterocycles. The molecule has 0 aliphatic heterocycles. The van der Waals surface area contributed by atoms with Gasteiger partial charge in [0, 0.05) is 12.5 Å². The van der Waals surface area contributed by atoms with E-state index in [9.17, 15) is 4.79 Å². The van der Waals surface area contributed by atoms with Gasteiger partial charge in [-0.05, 0) is 47.9 Å². The standard InChI is InChI=1S/C27H26N2O3/c1-2-6-23(16-27(30)31)22-10-12-24(13-11-22)32-18-21-9-14-26-25(15-21)28-19-29(26)17-20-7-4-3-5-8-20/h2-15,19,23H,16-18H2,1H3,(H,30,31)/t23-/m1/s1. The summed E-state index contributed by atoms with van der Waals surface area (Å²) in [6, 6.07) is 24.2. The monoisotopic (exact) mass is 426 g/mol. The van der Waals surface area contributed by atoms with Crippen LogP contribution < -0.4 is 4.74 Å². The van der Waals surface area contributed by atoms with E-state index in [4.69, 9.17) is 9.84 Å². The Hall–Kier alpha value is -3.86. The van der Waals surface area contributed by atoms with Gasteiger partial charge in [0.05, 0.1) is 23.8 Å². The number of fused-ring (bicyclic) bond motifs is 1. The van der Waals surface area contributed by atoms with Gasteiger partial charge in [-0.25, -0.2) is 4.98 Å². The first-order chi connectivity index (χ1) is 15.6. The maximum absolute atomic E-state index is 11.1. The van der Waals surface area contributed by atoms with Crippen molar-refractivity contribution in [3.05, 3.63) is 108 Å². The molecule has 0 radical (unpaired) electrons. The van der Waals surface area contributed by atoms with Crippen LogP contribution in [0.4, 0.5) is 0 Å². The van der Waals surface area contributed by atoms with E-state index in [0.717, 1.165) is 34.5 Å². The first kappa shape index (κ1) is 21.4. The molecule has 1 atom stereocenters. The molecule has 0 aliphatic carbocycles. The topological polar surface area (TPSA) is 64.3 Å². The van der Waals surface area contributed by atoms with Gasteiger partial charge >= 0.3 is 5.97 Å². The van der Waals surface area contributed by atoms with Crippen LogP contribution in [0.5, 0.6) is 5.75 Å². The van der Waals surface area contributed by atoms with E-state index in [1.165, 1.54) is 5.56 Å². The Morgan fingerprint density at radius 2 is 1.84 bits per heavy atom. The second-order valence-electron chi connectivity index (χ2n) is 7.77. The Morgan fingerprint density at radius 3 is 2.56 bits per heavy atom. The molecule has 1 heterocycles. The number of carboxylic acid groups (broad SMARTS) is 1. The summed E-state index contributed by atoms with van der Waals surface area (Å²) in [5, 5.41) is 9.12. The maximum Gasteiger partial charge on any atom is 0.304 e. The van der Waals surface area contributed by atoms with Crippen molar-refractivity contribution in [1.29, 1.82) is 0 Å². The van der Waals surface area contributed by atoms with Crippen molar-refractivity contribution >= 4 is 17.0 Å². The first-order valence-corrected chi connectivity index (χ1v) is 10.7. The molecule has 0 saturated heterocycles. The number of rotatable bonds is 9. The number of carbonyl (C=O) groups is 1. The molecule has 162 valence electrons. The second-order valence-corrected chi connectivity index (χ2v) is 7.77. The highest BCUT2D eigenvalue weighted by Crippen LogP contribution is 2.25. The zero-order valence-corrected chi connectivity index (χ0v) is 18.0. The fraction of sp³-hybridized carbons (Fsp3) is 0.185. The third-order valence-electron chi connectivity index (χ3n) is 5.41. The van der Waals surface area contributed by atoms with E-state index in [0.29, 0.717) is 6.61 Å². The van der Waals surface area contributed by atoms with E-state index in [-0.39, 0.29) is 12.3 Å². The van der Waals surface area contributed by atoms with Crippen LogP contribution in [0.3, 0.4) is 0 Å².